The SMILES string of the molecule is Clc1ccc(OCCOCC[NH+]2CCc3ccccc3C2)c(Cl)c1. The molecule has 0 saturated heterocycles. The lowest BCUT2D eigenvalue weighted by atomic mass is 10.0. The van der Waals surface area contributed by atoms with E-state index in [4.69, 9.17) is 32.7 Å². The molecule has 0 radical (unpaired) electrons. The highest BCUT2D eigenvalue weighted by molar-refractivity contribution is 6.35. The second-order valence-corrected chi connectivity index (χ2v) is 6.82. The fraction of sp³-hybridized carbons (Fsp3) is 0.368. The third-order valence-corrected chi connectivity index (χ3v) is 4.82. The van der Waals surface area contributed by atoms with E-state index < -0.39 is 0 Å². The summed E-state index contributed by atoms with van der Waals surface area (Å²) in [6, 6.07) is 13.9. The lowest BCUT2D eigenvalue weighted by Gasteiger charge is -2.25. The van der Waals surface area contributed by atoms with Crippen LogP contribution in [0.4, 0.5) is 0 Å². The van der Waals surface area contributed by atoms with Crippen LogP contribution in [0.1, 0.15) is 11.1 Å². The summed E-state index contributed by atoms with van der Waals surface area (Å²) in [5, 5.41) is 1.13. The summed E-state index contributed by atoms with van der Waals surface area (Å²) >= 11 is 11.9. The van der Waals surface area contributed by atoms with Crippen LogP contribution in [-0.2, 0) is 17.7 Å². The maximum atomic E-state index is 6.06. The molecule has 5 heteroatoms. The van der Waals surface area contributed by atoms with E-state index in [2.05, 4.69) is 24.3 Å². The average molecular weight is 367 g/mol. The van der Waals surface area contributed by atoms with Crippen LogP contribution in [0, 0.1) is 0 Å². The topological polar surface area (TPSA) is 22.9 Å². The standard InChI is InChI=1S/C19H21Cl2NO2/c20-17-5-6-19(18(21)13-17)24-12-11-23-10-9-22-8-7-15-3-1-2-4-16(15)14-22/h1-6,13H,7-12,14H2/p+1. The summed E-state index contributed by atoms with van der Waals surface area (Å²) in [5.41, 5.74) is 2.97. The molecule has 0 saturated carbocycles. The van der Waals surface area contributed by atoms with Gasteiger partial charge in [-0.1, -0.05) is 47.5 Å². The van der Waals surface area contributed by atoms with Crippen molar-refractivity contribution in [3.63, 3.8) is 0 Å². The van der Waals surface area contributed by atoms with Crippen LogP contribution >= 0.6 is 23.2 Å². The first-order valence-electron chi connectivity index (χ1n) is 8.28. The predicted molar refractivity (Wildman–Crippen MR) is 97.3 cm³/mol. The van der Waals surface area contributed by atoms with E-state index >= 15 is 0 Å². The van der Waals surface area contributed by atoms with Crippen molar-refractivity contribution in [3.05, 3.63) is 63.6 Å². The molecule has 2 aromatic rings. The van der Waals surface area contributed by atoms with Crippen molar-refractivity contribution >= 4 is 23.2 Å². The third kappa shape index (κ3) is 4.87. The van der Waals surface area contributed by atoms with Gasteiger partial charge >= 0.3 is 0 Å². The van der Waals surface area contributed by atoms with Crippen LogP contribution in [0.5, 0.6) is 5.75 Å². The largest absolute Gasteiger partial charge is 0.490 e. The Labute approximate surface area is 153 Å². The van der Waals surface area contributed by atoms with Crippen molar-refractivity contribution in [2.24, 2.45) is 0 Å². The van der Waals surface area contributed by atoms with Gasteiger partial charge in [0, 0.05) is 17.0 Å². The minimum atomic E-state index is 0.486. The number of quaternary nitrogens is 1. The molecule has 1 heterocycles. The van der Waals surface area contributed by atoms with Crippen molar-refractivity contribution in [2.75, 3.05) is 32.9 Å². The van der Waals surface area contributed by atoms with E-state index in [1.54, 1.807) is 23.1 Å². The fourth-order valence-electron chi connectivity index (χ4n) is 2.98. The number of benzene rings is 2. The van der Waals surface area contributed by atoms with Gasteiger partial charge in [0.1, 0.15) is 25.4 Å². The number of hydrogen-bond donors (Lipinski definition) is 1. The summed E-state index contributed by atoms with van der Waals surface area (Å²) in [6.45, 7) is 5.08. The molecule has 0 aromatic heterocycles. The molecule has 1 N–H and O–H groups in total. The van der Waals surface area contributed by atoms with Crippen molar-refractivity contribution in [2.45, 2.75) is 13.0 Å². The lowest BCUT2D eigenvalue weighted by molar-refractivity contribution is -0.916. The van der Waals surface area contributed by atoms with Crippen molar-refractivity contribution in [1.29, 1.82) is 0 Å². The zero-order valence-corrected chi connectivity index (χ0v) is 15.1. The zero-order chi connectivity index (χ0) is 16.8. The van der Waals surface area contributed by atoms with E-state index in [1.165, 1.54) is 17.7 Å². The quantitative estimate of drug-likeness (QED) is 0.761. The first-order chi connectivity index (χ1) is 11.7. The number of halogens is 2. The van der Waals surface area contributed by atoms with E-state index in [9.17, 15) is 0 Å². The number of rotatable bonds is 7. The Morgan fingerprint density at radius 1 is 0.958 bits per heavy atom. The first-order valence-corrected chi connectivity index (χ1v) is 9.04. The molecule has 128 valence electrons. The maximum Gasteiger partial charge on any atom is 0.138 e. The van der Waals surface area contributed by atoms with Gasteiger partial charge < -0.3 is 14.4 Å². The zero-order valence-electron chi connectivity index (χ0n) is 13.6. The van der Waals surface area contributed by atoms with Gasteiger partial charge in [-0.3, -0.25) is 0 Å². The highest BCUT2D eigenvalue weighted by atomic mass is 35.5. The predicted octanol–water partition coefficient (Wildman–Crippen LogP) is 3.03. The molecule has 0 aliphatic carbocycles. The summed E-state index contributed by atoms with van der Waals surface area (Å²) in [6.07, 6.45) is 1.16. The van der Waals surface area contributed by atoms with E-state index in [-0.39, 0.29) is 0 Å². The van der Waals surface area contributed by atoms with Gasteiger partial charge in [0.05, 0.1) is 24.8 Å². The van der Waals surface area contributed by atoms with Gasteiger partial charge in [-0.05, 0) is 23.8 Å². The van der Waals surface area contributed by atoms with Gasteiger partial charge in [-0.2, -0.15) is 0 Å². The van der Waals surface area contributed by atoms with Crippen molar-refractivity contribution in [1.82, 2.24) is 0 Å². The Morgan fingerprint density at radius 3 is 2.62 bits per heavy atom. The van der Waals surface area contributed by atoms with Crippen LogP contribution < -0.4 is 9.64 Å². The molecule has 0 bridgehead atoms. The molecule has 0 spiro atoms. The van der Waals surface area contributed by atoms with Gasteiger partial charge in [-0.15, -0.1) is 0 Å². The van der Waals surface area contributed by atoms with Gasteiger partial charge in [0.15, 0.2) is 0 Å². The van der Waals surface area contributed by atoms with Crippen LogP contribution in [0.25, 0.3) is 0 Å². The summed E-state index contributed by atoms with van der Waals surface area (Å²) < 4.78 is 11.3. The summed E-state index contributed by atoms with van der Waals surface area (Å²) in [7, 11) is 0. The van der Waals surface area contributed by atoms with Crippen molar-refractivity contribution < 1.29 is 14.4 Å². The molecular formula is C19H22Cl2NO2+. The van der Waals surface area contributed by atoms with E-state index in [1.807, 2.05) is 0 Å². The Balaban J connectivity index is 1.32. The number of nitrogens with one attached hydrogen (secondary N) is 1. The Hall–Kier alpha value is -1.26. The average Bonchev–Trinajstić information content (AvgIpc) is 2.59. The highest BCUT2D eigenvalue weighted by Crippen LogP contribution is 2.27. The normalized spacial score (nSPS) is 16.7. The Bertz CT molecular complexity index is 678. The molecule has 1 aliphatic rings. The summed E-state index contributed by atoms with van der Waals surface area (Å²) in [5.74, 6) is 0.642. The molecule has 1 unspecified atom stereocenters. The molecule has 2 aromatic carbocycles. The van der Waals surface area contributed by atoms with Gasteiger partial charge in [0.2, 0.25) is 0 Å². The van der Waals surface area contributed by atoms with Crippen LogP contribution in [0.3, 0.4) is 0 Å². The minimum absolute atomic E-state index is 0.486. The number of ether oxygens (including phenoxy) is 2. The number of hydrogen-bond acceptors (Lipinski definition) is 2. The second kappa shape index (κ2) is 8.72. The Kier molecular flexibility index (Phi) is 6.38. The van der Waals surface area contributed by atoms with Crippen LogP contribution in [0.15, 0.2) is 42.5 Å². The maximum absolute atomic E-state index is 6.06. The lowest BCUT2D eigenvalue weighted by Crippen LogP contribution is -3.12. The molecule has 1 aliphatic heterocycles. The molecule has 0 fully saturated rings. The Morgan fingerprint density at radius 2 is 1.79 bits per heavy atom. The molecule has 3 nitrogen and oxygen atoms in total. The minimum Gasteiger partial charge on any atom is -0.490 e. The molecule has 3 rings (SSSR count). The molecule has 24 heavy (non-hydrogen) atoms. The van der Waals surface area contributed by atoms with Crippen molar-refractivity contribution in [3.8, 4) is 5.75 Å². The van der Waals surface area contributed by atoms with Crippen LogP contribution in [-0.4, -0.2) is 32.9 Å². The highest BCUT2D eigenvalue weighted by Gasteiger charge is 2.18. The monoisotopic (exact) mass is 366 g/mol. The first kappa shape index (κ1) is 17.6. The van der Waals surface area contributed by atoms with E-state index in [0.717, 1.165) is 26.1 Å². The third-order valence-electron chi connectivity index (χ3n) is 4.29. The summed E-state index contributed by atoms with van der Waals surface area (Å²) in [4.78, 5) is 1.58. The van der Waals surface area contributed by atoms with Crippen LogP contribution in [0.2, 0.25) is 10.0 Å². The van der Waals surface area contributed by atoms with Gasteiger partial charge in [-0.25, -0.2) is 0 Å². The second-order valence-electron chi connectivity index (χ2n) is 5.98. The van der Waals surface area contributed by atoms with E-state index in [0.29, 0.717) is 29.0 Å². The van der Waals surface area contributed by atoms with Gasteiger partial charge in [0.25, 0.3) is 0 Å². The number of fused-ring (bicyclic) bond motifs is 1. The fourth-order valence-corrected chi connectivity index (χ4v) is 3.44. The molecular weight excluding hydrogens is 345 g/mol. The molecule has 1 atom stereocenters. The smallest absolute Gasteiger partial charge is 0.138 e. The molecule has 0 amide bonds.